The van der Waals surface area contributed by atoms with Crippen molar-refractivity contribution in [1.29, 1.82) is 0 Å². The summed E-state index contributed by atoms with van der Waals surface area (Å²) in [5.74, 6) is -1.33. The van der Waals surface area contributed by atoms with Gasteiger partial charge in [0.25, 0.3) is 5.56 Å². The molecule has 5 nitrogen and oxygen atoms in total. The first kappa shape index (κ1) is 25.2. The van der Waals surface area contributed by atoms with Crippen molar-refractivity contribution < 1.29 is 9.59 Å². The van der Waals surface area contributed by atoms with Crippen LogP contribution in [0.4, 0.5) is 0 Å². The van der Waals surface area contributed by atoms with Gasteiger partial charge >= 0.3 is 0 Å². The summed E-state index contributed by atoms with van der Waals surface area (Å²) in [6, 6.07) is 36.6. The topological polar surface area (TPSA) is 82.2 Å². The minimum absolute atomic E-state index is 0.0382. The highest BCUT2D eigenvalue weighted by Gasteiger charge is 2.38. The molecule has 0 saturated heterocycles. The number of ketones is 2. The Morgan fingerprint density at radius 1 is 0.675 bits per heavy atom. The van der Waals surface area contributed by atoms with Crippen molar-refractivity contribution in [3.05, 3.63) is 169 Å². The highest BCUT2D eigenvalue weighted by atomic mass is 32.1. The van der Waals surface area contributed by atoms with Gasteiger partial charge in [0.1, 0.15) is 10.5 Å². The zero-order valence-electron chi connectivity index (χ0n) is 21.4. The number of nitrogens with two attached hydrogens (primary N) is 1. The van der Waals surface area contributed by atoms with Gasteiger partial charge in [-0.3, -0.25) is 19.0 Å². The van der Waals surface area contributed by atoms with Gasteiger partial charge in [0, 0.05) is 22.6 Å². The second-order valence-corrected chi connectivity index (χ2v) is 10.4. The minimum Gasteiger partial charge on any atom is -0.384 e. The Hall–Kier alpha value is -5.07. The Balaban J connectivity index is 1.73. The Bertz CT molecular complexity index is 1940. The Morgan fingerprint density at radius 3 is 1.70 bits per heavy atom. The van der Waals surface area contributed by atoms with Crippen LogP contribution < -0.4 is 20.5 Å². The van der Waals surface area contributed by atoms with E-state index >= 15 is 0 Å². The lowest BCUT2D eigenvalue weighted by Crippen LogP contribution is -2.41. The molecule has 2 heterocycles. The van der Waals surface area contributed by atoms with E-state index in [1.165, 1.54) is 15.9 Å². The molecule has 1 aliphatic heterocycles. The Labute approximate surface area is 234 Å². The van der Waals surface area contributed by atoms with Gasteiger partial charge in [-0.15, -0.1) is 11.3 Å². The summed E-state index contributed by atoms with van der Waals surface area (Å²) in [4.78, 5) is 42.3. The van der Waals surface area contributed by atoms with Crippen molar-refractivity contribution in [3.63, 3.8) is 0 Å². The highest BCUT2D eigenvalue weighted by Crippen LogP contribution is 2.39. The van der Waals surface area contributed by atoms with Crippen LogP contribution in [-0.2, 0) is 0 Å². The first-order valence-corrected chi connectivity index (χ1v) is 13.6. The molecule has 0 aliphatic carbocycles. The van der Waals surface area contributed by atoms with E-state index in [2.05, 4.69) is 0 Å². The number of fused-ring (bicyclic) bond motifs is 1. The molecule has 0 saturated carbocycles. The van der Waals surface area contributed by atoms with Gasteiger partial charge in [-0.25, -0.2) is 0 Å². The maximum atomic E-state index is 14.3. The summed E-state index contributed by atoms with van der Waals surface area (Å²) in [5.41, 5.74) is 9.41. The minimum atomic E-state index is -0.774. The number of rotatable bonds is 6. The molecular weight excluding hydrogens is 516 g/mol. The van der Waals surface area contributed by atoms with Crippen LogP contribution in [0.25, 0.3) is 17.5 Å². The number of hydrogen-bond acceptors (Lipinski definition) is 5. The van der Waals surface area contributed by atoms with Gasteiger partial charge in [0.05, 0.1) is 10.1 Å². The fourth-order valence-corrected chi connectivity index (χ4v) is 6.24. The van der Waals surface area contributed by atoms with E-state index in [0.29, 0.717) is 25.9 Å². The van der Waals surface area contributed by atoms with Crippen molar-refractivity contribution in [3.8, 4) is 0 Å². The highest BCUT2D eigenvalue weighted by molar-refractivity contribution is 7.07. The largest absolute Gasteiger partial charge is 0.384 e. The monoisotopic (exact) mass is 540 g/mol. The molecule has 194 valence electrons. The summed E-state index contributed by atoms with van der Waals surface area (Å²) in [5, 5.41) is 0. The second kappa shape index (κ2) is 10.6. The third-order valence-electron chi connectivity index (χ3n) is 6.94. The van der Waals surface area contributed by atoms with Crippen LogP contribution in [0, 0.1) is 0 Å². The summed E-state index contributed by atoms with van der Waals surface area (Å²) >= 11 is 1.21. The average Bonchev–Trinajstić information content (AvgIpc) is 3.33. The van der Waals surface area contributed by atoms with Gasteiger partial charge < -0.3 is 5.73 Å². The lowest BCUT2D eigenvalue weighted by Gasteiger charge is -2.28. The van der Waals surface area contributed by atoms with Crippen molar-refractivity contribution >= 4 is 40.4 Å². The normalized spacial score (nSPS) is 15.2. The predicted octanol–water partition coefficient (Wildman–Crippen LogP) is 4.58. The van der Waals surface area contributed by atoms with Gasteiger partial charge in [0.15, 0.2) is 11.6 Å². The summed E-state index contributed by atoms with van der Waals surface area (Å²) in [6.45, 7) is 0. The Kier molecular flexibility index (Phi) is 6.68. The van der Waals surface area contributed by atoms with Crippen LogP contribution in [0.2, 0.25) is 0 Å². The molecule has 40 heavy (non-hydrogen) atoms. The first-order valence-electron chi connectivity index (χ1n) is 12.8. The molecule has 1 aromatic heterocycles. The van der Waals surface area contributed by atoms with Crippen molar-refractivity contribution in [2.24, 2.45) is 5.73 Å². The maximum absolute atomic E-state index is 14.3. The summed E-state index contributed by atoms with van der Waals surface area (Å²) < 4.78 is 2.19. The number of nitrogens with zero attached hydrogens (tertiary/aromatic N) is 1. The van der Waals surface area contributed by atoms with Gasteiger partial charge in [0.2, 0.25) is 0 Å². The molecular formula is C34H24N2O3S. The molecule has 6 heteroatoms. The molecule has 0 radical (unpaired) electrons. The molecule has 0 bridgehead atoms. The number of Topliss-reactive ketones (excluding diaryl/α,β-unsaturated/α-hetero) is 2. The van der Waals surface area contributed by atoms with Crippen LogP contribution in [0.15, 0.2) is 132 Å². The first-order chi connectivity index (χ1) is 19.5. The molecule has 1 aliphatic rings. The van der Waals surface area contributed by atoms with Gasteiger partial charge in [-0.05, 0) is 17.2 Å². The lowest BCUT2D eigenvalue weighted by molar-refractivity contribution is 0.102. The van der Waals surface area contributed by atoms with Crippen molar-refractivity contribution in [2.75, 3.05) is 0 Å². The number of carbonyl (C=O) groups excluding carboxylic acids is 2. The SMILES string of the molecule is NC1=C(C(=O)c2ccccc2)C(c2ccccc2)C(C(=O)c2ccccc2)=c2sc(=Cc3ccccc3)c(=O)n21. The van der Waals surface area contributed by atoms with Crippen LogP contribution in [0.3, 0.4) is 0 Å². The van der Waals surface area contributed by atoms with Crippen LogP contribution >= 0.6 is 11.3 Å². The molecule has 1 atom stereocenters. The van der Waals surface area contributed by atoms with E-state index in [1.54, 1.807) is 54.6 Å². The number of aromatic nitrogens is 1. The molecule has 0 amide bonds. The number of hydrogen-bond donors (Lipinski definition) is 1. The molecule has 2 N–H and O–H groups in total. The van der Waals surface area contributed by atoms with Crippen LogP contribution in [0.1, 0.15) is 37.8 Å². The quantitative estimate of drug-likeness (QED) is 0.320. The van der Waals surface area contributed by atoms with Crippen LogP contribution in [-0.4, -0.2) is 16.1 Å². The second-order valence-electron chi connectivity index (χ2n) is 9.41. The molecule has 4 aromatic carbocycles. The molecule has 0 fully saturated rings. The van der Waals surface area contributed by atoms with Crippen molar-refractivity contribution in [2.45, 2.75) is 5.92 Å². The maximum Gasteiger partial charge on any atom is 0.274 e. The standard InChI is InChI=1S/C34H24N2O3S/c35-32-28(30(37)24-17-9-3-10-18-24)27(23-15-7-2-8-16-23)29(31(38)25-19-11-4-12-20-25)34-36(32)33(39)26(40-34)21-22-13-5-1-6-14-22/h1-21,27H,35H2. The molecule has 0 spiro atoms. The zero-order valence-corrected chi connectivity index (χ0v) is 22.2. The van der Waals surface area contributed by atoms with Gasteiger partial charge in [-0.2, -0.15) is 0 Å². The van der Waals surface area contributed by atoms with E-state index in [0.717, 1.165) is 11.1 Å². The number of allylic oxidation sites excluding steroid dienone is 1. The average molecular weight is 541 g/mol. The predicted molar refractivity (Wildman–Crippen MR) is 159 cm³/mol. The summed E-state index contributed by atoms with van der Waals surface area (Å²) in [6.07, 6.45) is 1.78. The van der Waals surface area contributed by atoms with E-state index in [9.17, 15) is 14.4 Å². The third kappa shape index (κ3) is 4.44. The molecule has 1 unspecified atom stereocenters. The fourth-order valence-electron chi connectivity index (χ4n) is 5.06. The molecule has 6 rings (SSSR count). The van der Waals surface area contributed by atoms with Crippen molar-refractivity contribution in [1.82, 2.24) is 4.57 Å². The fraction of sp³-hybridized carbons (Fsp3) is 0.0294. The smallest absolute Gasteiger partial charge is 0.274 e. The van der Waals surface area contributed by atoms with Gasteiger partial charge in [-0.1, -0.05) is 121 Å². The Morgan fingerprint density at radius 2 is 1.15 bits per heavy atom. The number of thiazole rings is 1. The van der Waals surface area contributed by atoms with E-state index < -0.39 is 5.92 Å². The van der Waals surface area contributed by atoms with E-state index in [4.69, 9.17) is 5.73 Å². The number of benzene rings is 4. The molecule has 5 aromatic rings. The lowest BCUT2D eigenvalue weighted by atomic mass is 9.77. The van der Waals surface area contributed by atoms with Crippen LogP contribution in [0.5, 0.6) is 0 Å². The van der Waals surface area contributed by atoms with E-state index in [-0.39, 0.29) is 28.5 Å². The summed E-state index contributed by atoms with van der Waals surface area (Å²) in [7, 11) is 0. The van der Waals surface area contributed by atoms with E-state index in [1.807, 2.05) is 72.8 Å². The number of carbonyl (C=O) groups is 2. The zero-order chi connectivity index (χ0) is 27.6. The third-order valence-corrected chi connectivity index (χ3v) is 8.05.